The van der Waals surface area contributed by atoms with Crippen LogP contribution in [0.4, 0.5) is 4.79 Å². The monoisotopic (exact) mass is 449 g/mol. The lowest BCUT2D eigenvalue weighted by Crippen LogP contribution is -2.51. The van der Waals surface area contributed by atoms with Crippen molar-refractivity contribution in [1.29, 1.82) is 0 Å². The second-order valence-electron chi connectivity index (χ2n) is 9.85. The van der Waals surface area contributed by atoms with Gasteiger partial charge in [0.05, 0.1) is 0 Å². The number of phenolic OH excluding ortho intramolecular Hbond substituents is 1. The van der Waals surface area contributed by atoms with Crippen LogP contribution in [0, 0.1) is 0 Å². The number of nitrogens with zero attached hydrogens (tertiary/aromatic N) is 1. The number of carbonyl (C=O) groups excluding carboxylic acids is 3. The highest BCUT2D eigenvalue weighted by molar-refractivity contribution is 5.91. The summed E-state index contributed by atoms with van der Waals surface area (Å²) in [5, 5.41) is 15.9. The molecule has 0 aromatic heterocycles. The summed E-state index contributed by atoms with van der Waals surface area (Å²) in [6, 6.07) is 5.44. The molecule has 0 aliphatic heterocycles. The third-order valence-corrected chi connectivity index (χ3v) is 4.40. The van der Waals surface area contributed by atoms with Gasteiger partial charge in [0, 0.05) is 17.6 Å². The Balaban J connectivity index is 3.23. The first-order chi connectivity index (χ1) is 14.7. The van der Waals surface area contributed by atoms with Crippen molar-refractivity contribution in [3.63, 3.8) is 0 Å². The Morgan fingerprint density at radius 1 is 1.06 bits per heavy atom. The summed E-state index contributed by atoms with van der Waals surface area (Å²) in [5.41, 5.74) is -0.901. The Bertz CT molecular complexity index is 781. The van der Waals surface area contributed by atoms with Gasteiger partial charge in [-0.15, -0.1) is 0 Å². The Morgan fingerprint density at radius 3 is 2.22 bits per heavy atom. The van der Waals surface area contributed by atoms with Crippen molar-refractivity contribution >= 4 is 17.9 Å². The second kappa shape index (κ2) is 11.7. The molecule has 1 aromatic carbocycles. The average molecular weight is 450 g/mol. The predicted octanol–water partition coefficient (Wildman–Crippen LogP) is 3.89. The first-order valence-electron chi connectivity index (χ1n) is 11.1. The fourth-order valence-corrected chi connectivity index (χ4v) is 3.10. The van der Waals surface area contributed by atoms with Gasteiger partial charge < -0.3 is 25.4 Å². The molecule has 3 amide bonds. The van der Waals surface area contributed by atoms with Crippen LogP contribution in [0.2, 0.25) is 0 Å². The number of benzene rings is 1. The third-order valence-electron chi connectivity index (χ3n) is 4.40. The van der Waals surface area contributed by atoms with Gasteiger partial charge in [-0.3, -0.25) is 9.59 Å². The Labute approximate surface area is 191 Å². The molecule has 0 saturated carbocycles. The van der Waals surface area contributed by atoms with Crippen LogP contribution < -0.4 is 10.6 Å². The molecular formula is C24H39N3O5. The van der Waals surface area contributed by atoms with Gasteiger partial charge in [-0.25, -0.2) is 4.79 Å². The summed E-state index contributed by atoms with van der Waals surface area (Å²) < 4.78 is 5.20. The SMILES string of the molecule is CCCCCN(C(=O)CNC(=O)OC(C)(C)C)C(C(=O)NC(C)(C)C)c1ccccc1O. The fraction of sp³-hybridized carbons (Fsp3) is 0.625. The molecule has 180 valence electrons. The van der Waals surface area contributed by atoms with Gasteiger partial charge in [0.25, 0.3) is 0 Å². The average Bonchev–Trinajstić information content (AvgIpc) is 2.64. The molecule has 8 nitrogen and oxygen atoms in total. The first kappa shape index (κ1) is 27.3. The fourth-order valence-electron chi connectivity index (χ4n) is 3.10. The maximum absolute atomic E-state index is 13.3. The maximum atomic E-state index is 13.3. The Morgan fingerprint density at radius 2 is 1.69 bits per heavy atom. The van der Waals surface area contributed by atoms with E-state index in [4.69, 9.17) is 4.74 Å². The minimum Gasteiger partial charge on any atom is -0.508 e. The molecule has 0 fully saturated rings. The number of phenols is 1. The number of ether oxygens (including phenoxy) is 1. The summed E-state index contributed by atoms with van der Waals surface area (Å²) in [4.78, 5) is 39.9. The van der Waals surface area contributed by atoms with Gasteiger partial charge in [-0.2, -0.15) is 0 Å². The number of rotatable bonds is 9. The van der Waals surface area contributed by atoms with E-state index in [2.05, 4.69) is 10.6 Å². The number of alkyl carbamates (subject to hydrolysis) is 1. The maximum Gasteiger partial charge on any atom is 0.408 e. The van der Waals surface area contributed by atoms with Gasteiger partial charge in [0.15, 0.2) is 0 Å². The van der Waals surface area contributed by atoms with Gasteiger partial charge in [0.2, 0.25) is 11.8 Å². The van der Waals surface area contributed by atoms with Crippen molar-refractivity contribution in [2.75, 3.05) is 13.1 Å². The third kappa shape index (κ3) is 9.58. The van der Waals surface area contributed by atoms with E-state index in [1.165, 1.54) is 11.0 Å². The van der Waals surface area contributed by atoms with E-state index in [1.54, 1.807) is 39.0 Å². The van der Waals surface area contributed by atoms with E-state index in [1.807, 2.05) is 27.7 Å². The largest absolute Gasteiger partial charge is 0.508 e. The molecule has 0 aliphatic carbocycles. The first-order valence-corrected chi connectivity index (χ1v) is 11.1. The van der Waals surface area contributed by atoms with Crippen molar-refractivity contribution in [2.24, 2.45) is 0 Å². The Kier molecular flexibility index (Phi) is 10.0. The van der Waals surface area contributed by atoms with Gasteiger partial charge in [-0.1, -0.05) is 38.0 Å². The zero-order valence-corrected chi connectivity index (χ0v) is 20.4. The zero-order chi connectivity index (χ0) is 24.5. The number of para-hydroxylation sites is 1. The lowest BCUT2D eigenvalue weighted by atomic mass is 10.00. The minimum atomic E-state index is -1.04. The van der Waals surface area contributed by atoms with Crippen LogP contribution >= 0.6 is 0 Å². The molecule has 0 spiro atoms. The Hall–Kier alpha value is -2.77. The van der Waals surface area contributed by atoms with Crippen LogP contribution in [0.1, 0.15) is 79.3 Å². The number of unbranched alkanes of at least 4 members (excludes halogenated alkanes) is 2. The second-order valence-corrected chi connectivity index (χ2v) is 9.85. The van der Waals surface area contributed by atoms with Gasteiger partial charge in [0.1, 0.15) is 23.9 Å². The number of aromatic hydroxyl groups is 1. The molecule has 0 heterocycles. The van der Waals surface area contributed by atoms with E-state index < -0.39 is 35.1 Å². The smallest absolute Gasteiger partial charge is 0.408 e. The van der Waals surface area contributed by atoms with Crippen molar-refractivity contribution in [3.05, 3.63) is 29.8 Å². The zero-order valence-electron chi connectivity index (χ0n) is 20.4. The molecule has 3 N–H and O–H groups in total. The van der Waals surface area contributed by atoms with Crippen LogP contribution in [-0.4, -0.2) is 52.1 Å². The van der Waals surface area contributed by atoms with Crippen molar-refractivity contribution in [3.8, 4) is 5.75 Å². The van der Waals surface area contributed by atoms with Crippen LogP contribution in [0.5, 0.6) is 5.75 Å². The van der Waals surface area contributed by atoms with E-state index in [0.29, 0.717) is 18.5 Å². The number of amides is 3. The standard InChI is InChI=1S/C24H39N3O5/c1-8-9-12-15-27(19(29)16-25-22(31)32-24(5,6)7)20(21(30)26-23(2,3)4)17-13-10-11-14-18(17)28/h10-11,13-14,20,28H,8-9,12,15-16H2,1-7H3,(H,25,31)(H,26,30). The van der Waals surface area contributed by atoms with Gasteiger partial charge >= 0.3 is 6.09 Å². The number of hydrogen-bond donors (Lipinski definition) is 3. The van der Waals surface area contributed by atoms with Crippen LogP contribution in [0.3, 0.4) is 0 Å². The normalized spacial score (nSPS) is 12.6. The van der Waals surface area contributed by atoms with Crippen LogP contribution in [0.15, 0.2) is 24.3 Å². The topological polar surface area (TPSA) is 108 Å². The summed E-state index contributed by atoms with van der Waals surface area (Å²) in [6.45, 7) is 12.8. The van der Waals surface area contributed by atoms with Crippen LogP contribution in [0.25, 0.3) is 0 Å². The highest BCUT2D eigenvalue weighted by Gasteiger charge is 2.34. The molecule has 8 heteroatoms. The molecule has 1 rings (SSSR count). The molecular weight excluding hydrogens is 410 g/mol. The molecule has 1 aromatic rings. The van der Waals surface area contributed by atoms with Crippen LogP contribution in [-0.2, 0) is 14.3 Å². The van der Waals surface area contributed by atoms with E-state index in [0.717, 1.165) is 12.8 Å². The minimum absolute atomic E-state index is 0.0741. The van der Waals surface area contributed by atoms with Crippen molar-refractivity contribution in [1.82, 2.24) is 15.5 Å². The van der Waals surface area contributed by atoms with E-state index >= 15 is 0 Å². The van der Waals surface area contributed by atoms with E-state index in [-0.39, 0.29) is 12.3 Å². The molecule has 0 radical (unpaired) electrons. The highest BCUT2D eigenvalue weighted by atomic mass is 16.6. The summed E-state index contributed by atoms with van der Waals surface area (Å²) in [5.74, 6) is -0.916. The highest BCUT2D eigenvalue weighted by Crippen LogP contribution is 2.30. The van der Waals surface area contributed by atoms with Crippen molar-refractivity contribution in [2.45, 2.75) is 84.9 Å². The molecule has 1 unspecified atom stereocenters. The summed E-state index contributed by atoms with van der Waals surface area (Å²) in [6.07, 6.45) is 1.78. The lowest BCUT2D eigenvalue weighted by molar-refractivity contribution is -0.141. The molecule has 0 saturated heterocycles. The molecule has 1 atom stereocenters. The lowest BCUT2D eigenvalue weighted by Gasteiger charge is -2.34. The van der Waals surface area contributed by atoms with Gasteiger partial charge in [-0.05, 0) is 54.0 Å². The number of carbonyl (C=O) groups is 3. The summed E-state index contributed by atoms with van der Waals surface area (Å²) >= 11 is 0. The predicted molar refractivity (Wildman–Crippen MR) is 124 cm³/mol. The number of hydrogen-bond acceptors (Lipinski definition) is 5. The summed E-state index contributed by atoms with van der Waals surface area (Å²) in [7, 11) is 0. The molecule has 0 aliphatic rings. The van der Waals surface area contributed by atoms with E-state index in [9.17, 15) is 19.5 Å². The number of nitrogens with one attached hydrogen (secondary N) is 2. The molecule has 0 bridgehead atoms. The quantitative estimate of drug-likeness (QED) is 0.496. The van der Waals surface area contributed by atoms with Crippen molar-refractivity contribution < 1.29 is 24.2 Å². The molecule has 32 heavy (non-hydrogen) atoms.